The maximum absolute atomic E-state index is 9.96. The number of aromatic hydroxyl groups is 1. The molecule has 0 heterocycles. The maximum atomic E-state index is 9.96. The number of unbranched alkanes of at least 4 members (excludes halogenated alkanes) is 1. The molecule has 0 aliphatic rings. The van der Waals surface area contributed by atoms with Crippen LogP contribution in [-0.2, 0) is 0 Å². The van der Waals surface area contributed by atoms with Gasteiger partial charge in [-0.05, 0) is 25.3 Å². The predicted octanol–water partition coefficient (Wildman–Crippen LogP) is 2.79. The second-order valence-corrected chi connectivity index (χ2v) is 3.63. The number of benzene rings is 1. The van der Waals surface area contributed by atoms with Gasteiger partial charge >= 0.3 is 0 Å². The number of hydrogen-bond acceptors (Lipinski definition) is 3. The fourth-order valence-corrected chi connectivity index (χ4v) is 1.64. The third-order valence-electron chi connectivity index (χ3n) is 2.47. The highest BCUT2D eigenvalue weighted by molar-refractivity contribution is 5.46. The van der Waals surface area contributed by atoms with E-state index in [2.05, 4.69) is 6.58 Å². The van der Waals surface area contributed by atoms with Crippen molar-refractivity contribution in [1.29, 1.82) is 0 Å². The molecule has 0 spiro atoms. The molecule has 88 valence electrons. The quantitative estimate of drug-likeness (QED) is 0.574. The standard InChI is InChI=1S/C13H18O3/c1-3-4-5-8-11(14)10-7-6-9-12(15)13(10)16-2/h3,6-7,9,11,14-15H,1,4-5,8H2,2H3/t11-/m1/s1. The first-order valence-corrected chi connectivity index (χ1v) is 5.35. The number of methoxy groups -OCH3 is 1. The second kappa shape index (κ2) is 6.18. The largest absolute Gasteiger partial charge is 0.504 e. The van der Waals surface area contributed by atoms with Crippen LogP contribution in [0.15, 0.2) is 30.9 Å². The minimum absolute atomic E-state index is 0.0581. The van der Waals surface area contributed by atoms with E-state index >= 15 is 0 Å². The van der Waals surface area contributed by atoms with Gasteiger partial charge < -0.3 is 14.9 Å². The highest BCUT2D eigenvalue weighted by atomic mass is 16.5. The van der Waals surface area contributed by atoms with Crippen LogP contribution in [0.5, 0.6) is 11.5 Å². The Balaban J connectivity index is 2.77. The fraction of sp³-hybridized carbons (Fsp3) is 0.385. The summed E-state index contributed by atoms with van der Waals surface area (Å²) >= 11 is 0. The monoisotopic (exact) mass is 222 g/mol. The molecule has 0 unspecified atom stereocenters. The Labute approximate surface area is 96.0 Å². The van der Waals surface area contributed by atoms with E-state index in [4.69, 9.17) is 4.74 Å². The molecular formula is C13H18O3. The molecule has 2 N–H and O–H groups in total. The number of phenolic OH excluding ortho intramolecular Hbond substituents is 1. The van der Waals surface area contributed by atoms with Crippen LogP contribution in [0.3, 0.4) is 0 Å². The van der Waals surface area contributed by atoms with Gasteiger partial charge in [0.15, 0.2) is 11.5 Å². The lowest BCUT2D eigenvalue weighted by molar-refractivity contribution is 0.160. The second-order valence-electron chi connectivity index (χ2n) is 3.63. The molecule has 0 aliphatic heterocycles. The average Bonchev–Trinajstić information content (AvgIpc) is 2.29. The molecular weight excluding hydrogens is 204 g/mol. The van der Waals surface area contributed by atoms with E-state index in [1.54, 1.807) is 18.2 Å². The summed E-state index contributed by atoms with van der Waals surface area (Å²) in [6.45, 7) is 3.63. The summed E-state index contributed by atoms with van der Waals surface area (Å²) in [6, 6.07) is 5.00. The van der Waals surface area contributed by atoms with Crippen LogP contribution in [0, 0.1) is 0 Å². The number of para-hydroxylation sites is 1. The first kappa shape index (κ1) is 12.6. The number of aliphatic hydroxyl groups excluding tert-OH is 1. The van der Waals surface area contributed by atoms with Gasteiger partial charge in [0.25, 0.3) is 0 Å². The first-order chi connectivity index (χ1) is 7.70. The lowest BCUT2D eigenvalue weighted by Gasteiger charge is -2.15. The van der Waals surface area contributed by atoms with Gasteiger partial charge in [-0.25, -0.2) is 0 Å². The smallest absolute Gasteiger partial charge is 0.166 e. The van der Waals surface area contributed by atoms with Crippen LogP contribution >= 0.6 is 0 Å². The van der Waals surface area contributed by atoms with E-state index in [9.17, 15) is 10.2 Å². The summed E-state index contributed by atoms with van der Waals surface area (Å²) in [5.74, 6) is 0.413. The van der Waals surface area contributed by atoms with Gasteiger partial charge in [-0.15, -0.1) is 6.58 Å². The molecule has 3 heteroatoms. The van der Waals surface area contributed by atoms with Crippen LogP contribution in [0.1, 0.15) is 30.9 Å². The molecule has 0 amide bonds. The van der Waals surface area contributed by atoms with Gasteiger partial charge in [-0.3, -0.25) is 0 Å². The number of hydrogen-bond donors (Lipinski definition) is 2. The molecule has 0 radical (unpaired) electrons. The van der Waals surface area contributed by atoms with E-state index in [0.29, 0.717) is 17.7 Å². The van der Waals surface area contributed by atoms with Crippen molar-refractivity contribution >= 4 is 0 Å². The predicted molar refractivity (Wildman–Crippen MR) is 63.7 cm³/mol. The molecule has 0 saturated heterocycles. The third-order valence-corrected chi connectivity index (χ3v) is 2.47. The van der Waals surface area contributed by atoms with E-state index < -0.39 is 6.10 Å². The lowest BCUT2D eigenvalue weighted by atomic mass is 10.0. The number of aliphatic hydroxyl groups is 1. The van der Waals surface area contributed by atoms with Gasteiger partial charge in [0.2, 0.25) is 0 Å². The minimum atomic E-state index is -0.609. The Kier molecular flexibility index (Phi) is 4.86. The van der Waals surface area contributed by atoms with Gasteiger partial charge in [0.1, 0.15) is 0 Å². The molecule has 0 saturated carbocycles. The zero-order valence-corrected chi connectivity index (χ0v) is 9.52. The van der Waals surface area contributed by atoms with E-state index in [0.717, 1.165) is 12.8 Å². The third kappa shape index (κ3) is 3.00. The van der Waals surface area contributed by atoms with Crippen molar-refractivity contribution in [3.63, 3.8) is 0 Å². The SMILES string of the molecule is C=CCCC[C@@H](O)c1cccc(O)c1OC. The summed E-state index contributed by atoms with van der Waals surface area (Å²) in [5, 5.41) is 19.5. The fourth-order valence-electron chi connectivity index (χ4n) is 1.64. The van der Waals surface area contributed by atoms with Crippen molar-refractivity contribution in [3.8, 4) is 11.5 Å². The lowest BCUT2D eigenvalue weighted by Crippen LogP contribution is -2.00. The molecule has 1 atom stereocenters. The van der Waals surface area contributed by atoms with Crippen LogP contribution in [0.25, 0.3) is 0 Å². The minimum Gasteiger partial charge on any atom is -0.504 e. The topological polar surface area (TPSA) is 49.7 Å². The first-order valence-electron chi connectivity index (χ1n) is 5.35. The molecule has 0 aromatic heterocycles. The van der Waals surface area contributed by atoms with Crippen molar-refractivity contribution in [2.24, 2.45) is 0 Å². The molecule has 1 aromatic carbocycles. The Hall–Kier alpha value is -1.48. The summed E-state index contributed by atoms with van der Waals surface area (Å²) in [4.78, 5) is 0. The van der Waals surface area contributed by atoms with Gasteiger partial charge in [0.05, 0.1) is 13.2 Å². The van der Waals surface area contributed by atoms with E-state index in [1.165, 1.54) is 7.11 Å². The Morgan fingerprint density at radius 1 is 1.50 bits per heavy atom. The van der Waals surface area contributed by atoms with Gasteiger partial charge in [-0.2, -0.15) is 0 Å². The summed E-state index contributed by atoms with van der Waals surface area (Å²) < 4.78 is 5.07. The maximum Gasteiger partial charge on any atom is 0.166 e. The molecule has 0 bridgehead atoms. The van der Waals surface area contributed by atoms with E-state index in [1.807, 2.05) is 6.08 Å². The zero-order chi connectivity index (χ0) is 12.0. The number of rotatable bonds is 6. The molecule has 1 rings (SSSR count). The van der Waals surface area contributed by atoms with Crippen LogP contribution in [0.2, 0.25) is 0 Å². The Morgan fingerprint density at radius 2 is 2.25 bits per heavy atom. The number of allylic oxidation sites excluding steroid dienone is 1. The van der Waals surface area contributed by atoms with Crippen molar-refractivity contribution in [2.45, 2.75) is 25.4 Å². The Bertz CT molecular complexity index is 347. The van der Waals surface area contributed by atoms with Crippen molar-refractivity contribution in [2.75, 3.05) is 7.11 Å². The normalized spacial score (nSPS) is 12.1. The van der Waals surface area contributed by atoms with Gasteiger partial charge in [0, 0.05) is 5.56 Å². The van der Waals surface area contributed by atoms with Crippen molar-refractivity contribution < 1.29 is 14.9 Å². The Morgan fingerprint density at radius 3 is 2.88 bits per heavy atom. The van der Waals surface area contributed by atoms with Gasteiger partial charge in [-0.1, -0.05) is 18.2 Å². The molecule has 16 heavy (non-hydrogen) atoms. The molecule has 0 fully saturated rings. The number of phenols is 1. The van der Waals surface area contributed by atoms with Crippen molar-refractivity contribution in [3.05, 3.63) is 36.4 Å². The molecule has 0 aliphatic carbocycles. The number of ether oxygens (including phenoxy) is 1. The summed E-state index contributed by atoms with van der Waals surface area (Å²) in [7, 11) is 1.48. The summed E-state index contributed by atoms with van der Waals surface area (Å²) in [5.41, 5.74) is 0.631. The molecule has 1 aromatic rings. The van der Waals surface area contributed by atoms with Crippen molar-refractivity contribution in [1.82, 2.24) is 0 Å². The van der Waals surface area contributed by atoms with Crippen LogP contribution in [-0.4, -0.2) is 17.3 Å². The summed E-state index contributed by atoms with van der Waals surface area (Å²) in [6.07, 6.45) is 3.59. The van der Waals surface area contributed by atoms with E-state index in [-0.39, 0.29) is 5.75 Å². The highest BCUT2D eigenvalue weighted by Crippen LogP contribution is 2.35. The van der Waals surface area contributed by atoms with Crippen LogP contribution in [0.4, 0.5) is 0 Å². The molecule has 3 nitrogen and oxygen atoms in total. The zero-order valence-electron chi connectivity index (χ0n) is 9.52. The average molecular weight is 222 g/mol. The highest BCUT2D eigenvalue weighted by Gasteiger charge is 2.15. The van der Waals surface area contributed by atoms with Crippen LogP contribution < -0.4 is 4.74 Å².